The summed E-state index contributed by atoms with van der Waals surface area (Å²) in [5, 5.41) is 11.0. The number of carbonyl (C=O) groups is 2. The molecule has 2 aliphatic heterocycles. The van der Waals surface area contributed by atoms with E-state index >= 15 is 4.39 Å². The quantitative estimate of drug-likeness (QED) is 0.367. The highest BCUT2D eigenvalue weighted by atomic mass is 19.1. The van der Waals surface area contributed by atoms with Crippen molar-refractivity contribution in [2.24, 2.45) is 0 Å². The Labute approximate surface area is 238 Å². The van der Waals surface area contributed by atoms with E-state index in [2.05, 4.69) is 15.5 Å². The minimum atomic E-state index is -1.30. The first kappa shape index (κ1) is 30.2. The fraction of sp³-hybridized carbons (Fsp3) is 0.517. The third-order valence-corrected chi connectivity index (χ3v) is 7.28. The Morgan fingerprint density at radius 1 is 1.22 bits per heavy atom. The molecule has 1 aromatic carbocycles. The minimum absolute atomic E-state index is 0.0896. The third-order valence-electron chi connectivity index (χ3n) is 7.28. The predicted octanol–water partition coefficient (Wildman–Crippen LogP) is 4.34. The molecule has 4 atom stereocenters. The molecule has 1 N–H and O–H groups in total. The fourth-order valence-corrected chi connectivity index (χ4v) is 5.31. The lowest BCUT2D eigenvalue weighted by Crippen LogP contribution is -2.59. The highest BCUT2D eigenvalue weighted by molar-refractivity contribution is 5.91. The molecule has 0 spiro atoms. The van der Waals surface area contributed by atoms with Crippen molar-refractivity contribution in [1.82, 2.24) is 20.4 Å². The van der Waals surface area contributed by atoms with E-state index in [4.69, 9.17) is 14.2 Å². The fourth-order valence-electron chi connectivity index (χ4n) is 5.31. The number of nitrogens with one attached hydrogen (secondary N) is 1. The number of amides is 2. The average molecular weight is 574 g/mol. The number of benzene rings is 1. The number of piperidine rings is 1. The number of fused-ring (bicyclic) bond motifs is 2. The van der Waals surface area contributed by atoms with Crippen LogP contribution in [0.2, 0.25) is 0 Å². The highest BCUT2D eigenvalue weighted by Gasteiger charge is 2.52. The summed E-state index contributed by atoms with van der Waals surface area (Å²) < 4.78 is 47.0. The molecule has 2 amide bonds. The van der Waals surface area contributed by atoms with Crippen LogP contribution in [0.15, 0.2) is 30.3 Å². The maximum absolute atomic E-state index is 15.8. The van der Waals surface area contributed by atoms with E-state index in [1.165, 1.54) is 38.4 Å². The maximum Gasteiger partial charge on any atom is 0.410 e. The van der Waals surface area contributed by atoms with Gasteiger partial charge in [0.05, 0.1) is 17.8 Å². The molecule has 10 nitrogen and oxygen atoms in total. The first-order valence-electron chi connectivity index (χ1n) is 13.5. The number of alkyl halides is 1. The van der Waals surface area contributed by atoms with Gasteiger partial charge in [0.25, 0.3) is 0 Å². The van der Waals surface area contributed by atoms with Gasteiger partial charge in [-0.1, -0.05) is 0 Å². The second-order valence-corrected chi connectivity index (χ2v) is 11.2. The molecular formula is C29H37F2N5O5. The van der Waals surface area contributed by atoms with E-state index in [1.807, 2.05) is 0 Å². The number of rotatable bonds is 8. The average Bonchev–Trinajstić information content (AvgIpc) is 3.29. The molecule has 4 rings (SSSR count). The standard InChI is InChI=1S/C29H37F2N5O5/c1-29(2,3)41-28(38)36-18-8-10-22(36)27(31)23(14-18)35(5)25-11-9-21(33-34-25)19-15-20(30)17(7-12-26(37)32-4)13-24(19)40-16-39-6/h7,9,11-13,15,18,22-23,27H,8,10,14,16H2,1-6H3,(H,32,37)/b12-7+/t18-,22+,23-,27+/m0/s1. The summed E-state index contributed by atoms with van der Waals surface area (Å²) in [4.78, 5) is 27.7. The molecule has 0 aliphatic carbocycles. The second kappa shape index (κ2) is 12.4. The summed E-state index contributed by atoms with van der Waals surface area (Å²) in [5.41, 5.74) is 0.165. The Hall–Kier alpha value is -3.80. The Morgan fingerprint density at radius 3 is 2.61 bits per heavy atom. The molecule has 2 fully saturated rings. The molecule has 0 saturated carbocycles. The molecular weight excluding hydrogens is 536 g/mol. The molecule has 2 aromatic rings. The minimum Gasteiger partial charge on any atom is -0.467 e. The number of nitrogens with zero attached hydrogens (tertiary/aromatic N) is 4. The van der Waals surface area contributed by atoms with Crippen LogP contribution < -0.4 is 15.0 Å². The van der Waals surface area contributed by atoms with Gasteiger partial charge in [0, 0.05) is 44.4 Å². The monoisotopic (exact) mass is 573 g/mol. The SMILES string of the molecule is CNC(=O)/C=C/c1cc(OCOC)c(-c2ccc(N(C)[C@H]3C[C@@H]4CC[C@H]([C@H]3F)N4C(=O)OC(C)(C)C)nn2)cc1F. The van der Waals surface area contributed by atoms with Gasteiger partial charge in [-0.2, -0.15) is 0 Å². The molecule has 41 heavy (non-hydrogen) atoms. The van der Waals surface area contributed by atoms with Crippen LogP contribution in [-0.2, 0) is 14.3 Å². The molecule has 2 bridgehead atoms. The van der Waals surface area contributed by atoms with Gasteiger partial charge in [-0.05, 0) is 70.4 Å². The number of hydrogen-bond donors (Lipinski definition) is 1. The molecule has 2 saturated heterocycles. The lowest BCUT2D eigenvalue weighted by molar-refractivity contribution is -0.116. The van der Waals surface area contributed by atoms with Crippen molar-refractivity contribution in [3.05, 3.63) is 41.7 Å². The van der Waals surface area contributed by atoms with Crippen LogP contribution in [0.4, 0.5) is 19.4 Å². The highest BCUT2D eigenvalue weighted by Crippen LogP contribution is 2.41. The van der Waals surface area contributed by atoms with Crippen LogP contribution >= 0.6 is 0 Å². The van der Waals surface area contributed by atoms with Gasteiger partial charge in [0.2, 0.25) is 5.91 Å². The number of anilines is 1. The van der Waals surface area contributed by atoms with E-state index in [-0.39, 0.29) is 30.1 Å². The number of aromatic nitrogens is 2. The molecule has 12 heteroatoms. The largest absolute Gasteiger partial charge is 0.467 e. The number of likely N-dealkylation sites (N-methyl/N-ethyl adjacent to an activating group) is 1. The van der Waals surface area contributed by atoms with Crippen LogP contribution in [0.25, 0.3) is 17.3 Å². The summed E-state index contributed by atoms with van der Waals surface area (Å²) in [7, 11) is 4.69. The van der Waals surface area contributed by atoms with Crippen molar-refractivity contribution in [2.45, 2.75) is 69.9 Å². The topological polar surface area (TPSA) is 106 Å². The first-order chi connectivity index (χ1) is 19.4. The number of ether oxygens (including phenoxy) is 3. The number of hydrogen-bond acceptors (Lipinski definition) is 8. The summed E-state index contributed by atoms with van der Waals surface area (Å²) in [6, 6.07) is 4.86. The van der Waals surface area contributed by atoms with Crippen molar-refractivity contribution in [3.63, 3.8) is 0 Å². The molecule has 222 valence electrons. The molecule has 2 aliphatic rings. The Kier molecular flexibility index (Phi) is 9.11. The zero-order valence-electron chi connectivity index (χ0n) is 24.2. The second-order valence-electron chi connectivity index (χ2n) is 11.2. The van der Waals surface area contributed by atoms with Crippen LogP contribution in [0.3, 0.4) is 0 Å². The Bertz CT molecular complexity index is 1280. The zero-order chi connectivity index (χ0) is 29.9. The summed E-state index contributed by atoms with van der Waals surface area (Å²) in [5.74, 6) is -0.232. The first-order valence-corrected chi connectivity index (χ1v) is 13.5. The van der Waals surface area contributed by atoms with Crippen LogP contribution in [0.5, 0.6) is 5.75 Å². The zero-order valence-corrected chi connectivity index (χ0v) is 24.2. The van der Waals surface area contributed by atoms with Crippen molar-refractivity contribution in [3.8, 4) is 17.0 Å². The third kappa shape index (κ3) is 6.75. The van der Waals surface area contributed by atoms with Crippen LogP contribution in [-0.4, -0.2) is 85.0 Å². The van der Waals surface area contributed by atoms with Gasteiger partial charge in [0.1, 0.15) is 23.3 Å². The van der Waals surface area contributed by atoms with Crippen LogP contribution in [0, 0.1) is 5.82 Å². The van der Waals surface area contributed by atoms with Crippen molar-refractivity contribution < 1.29 is 32.6 Å². The van der Waals surface area contributed by atoms with Gasteiger partial charge >= 0.3 is 6.09 Å². The van der Waals surface area contributed by atoms with E-state index in [1.54, 1.807) is 49.8 Å². The van der Waals surface area contributed by atoms with Crippen molar-refractivity contribution >= 4 is 23.9 Å². The maximum atomic E-state index is 15.8. The van der Waals surface area contributed by atoms with Crippen molar-refractivity contribution in [1.29, 1.82) is 0 Å². The molecule has 1 aromatic heterocycles. The van der Waals surface area contributed by atoms with E-state index in [9.17, 15) is 14.0 Å². The molecule has 3 heterocycles. The number of methoxy groups -OCH3 is 1. The van der Waals surface area contributed by atoms with Crippen LogP contribution in [0.1, 0.15) is 45.6 Å². The van der Waals surface area contributed by atoms with Gasteiger partial charge in [0.15, 0.2) is 12.6 Å². The number of carbonyl (C=O) groups excluding carboxylic acids is 2. The lowest BCUT2D eigenvalue weighted by Gasteiger charge is -2.44. The summed E-state index contributed by atoms with van der Waals surface area (Å²) in [6.07, 6.45) is 2.49. The van der Waals surface area contributed by atoms with Gasteiger partial charge < -0.3 is 24.4 Å². The lowest BCUT2D eigenvalue weighted by atomic mass is 9.94. The Balaban J connectivity index is 1.54. The van der Waals surface area contributed by atoms with Crippen molar-refractivity contribution in [2.75, 3.05) is 32.9 Å². The molecule has 0 radical (unpaired) electrons. The normalized spacial score (nSPS) is 22.1. The van der Waals surface area contributed by atoms with Gasteiger partial charge in [-0.3, -0.25) is 9.69 Å². The smallest absolute Gasteiger partial charge is 0.410 e. The number of halogens is 2. The Morgan fingerprint density at radius 2 is 1.98 bits per heavy atom. The predicted molar refractivity (Wildman–Crippen MR) is 150 cm³/mol. The summed E-state index contributed by atoms with van der Waals surface area (Å²) >= 11 is 0. The molecule has 0 unspecified atom stereocenters. The van der Waals surface area contributed by atoms with Gasteiger partial charge in [-0.15, -0.1) is 10.2 Å². The van der Waals surface area contributed by atoms with E-state index in [0.29, 0.717) is 36.3 Å². The van der Waals surface area contributed by atoms with E-state index in [0.717, 1.165) is 0 Å². The summed E-state index contributed by atoms with van der Waals surface area (Å²) in [6.45, 7) is 5.29. The van der Waals surface area contributed by atoms with E-state index < -0.39 is 35.8 Å². The van der Waals surface area contributed by atoms with Gasteiger partial charge in [-0.25, -0.2) is 13.6 Å².